The molecule has 0 saturated heterocycles. The van der Waals surface area contributed by atoms with Crippen molar-refractivity contribution in [1.82, 2.24) is 19.7 Å². The van der Waals surface area contributed by atoms with E-state index in [1.54, 1.807) is 0 Å². The first-order chi connectivity index (χ1) is 13.6. The lowest BCUT2D eigenvalue weighted by atomic mass is 9.94. The van der Waals surface area contributed by atoms with E-state index in [0.29, 0.717) is 24.6 Å². The molecule has 28 heavy (non-hydrogen) atoms. The van der Waals surface area contributed by atoms with Gasteiger partial charge in [-0.05, 0) is 31.0 Å². The normalized spacial score (nSPS) is 13.7. The highest BCUT2D eigenvalue weighted by atomic mass is 16.4. The van der Waals surface area contributed by atoms with Crippen LogP contribution in [0.25, 0.3) is 11.0 Å². The lowest BCUT2D eigenvalue weighted by Gasteiger charge is -2.20. The second-order valence-corrected chi connectivity index (χ2v) is 7.35. The van der Waals surface area contributed by atoms with E-state index in [2.05, 4.69) is 39.9 Å². The summed E-state index contributed by atoms with van der Waals surface area (Å²) in [6.07, 6.45) is 2.16. The molecule has 0 unspecified atom stereocenters. The Morgan fingerprint density at radius 2 is 1.79 bits per heavy atom. The average Bonchev–Trinajstić information content (AvgIpc) is 3.31. The molecule has 0 aliphatic carbocycles. The summed E-state index contributed by atoms with van der Waals surface area (Å²) in [6, 6.07) is 18.3. The van der Waals surface area contributed by atoms with Crippen molar-refractivity contribution in [3.8, 4) is 0 Å². The van der Waals surface area contributed by atoms with E-state index in [9.17, 15) is 0 Å². The topological polar surface area (TPSA) is 82.8 Å². The third-order valence-electron chi connectivity index (χ3n) is 4.97. The van der Waals surface area contributed by atoms with Gasteiger partial charge < -0.3 is 14.7 Å². The number of rotatable bonds is 7. The Balaban J connectivity index is 1.50. The molecule has 4 rings (SSSR count). The Kier molecular flexibility index (Phi) is 4.96. The fraction of sp³-hybridized carbons (Fsp3) is 0.318. The van der Waals surface area contributed by atoms with Crippen LogP contribution in [-0.2, 0) is 31.3 Å². The summed E-state index contributed by atoms with van der Waals surface area (Å²) in [5.41, 5.74) is 9.07. The molecule has 0 aliphatic heterocycles. The minimum atomic E-state index is -0.705. The first kappa shape index (κ1) is 18.4. The molecule has 0 radical (unpaired) electrons. The van der Waals surface area contributed by atoms with Crippen molar-refractivity contribution in [3.63, 3.8) is 0 Å². The van der Waals surface area contributed by atoms with Crippen LogP contribution in [-0.4, -0.2) is 19.7 Å². The quantitative estimate of drug-likeness (QED) is 0.533. The molecule has 2 N–H and O–H groups in total. The zero-order valence-electron chi connectivity index (χ0n) is 16.3. The van der Waals surface area contributed by atoms with Gasteiger partial charge in [-0.25, -0.2) is 4.98 Å². The maximum atomic E-state index is 6.48. The maximum absolute atomic E-state index is 6.48. The third kappa shape index (κ3) is 3.68. The Labute approximate surface area is 164 Å². The van der Waals surface area contributed by atoms with Crippen molar-refractivity contribution < 1.29 is 4.42 Å². The molecule has 2 aromatic carbocycles. The molecule has 2 aromatic heterocycles. The lowest BCUT2D eigenvalue weighted by Crippen LogP contribution is -2.35. The van der Waals surface area contributed by atoms with Crippen LogP contribution in [0.5, 0.6) is 0 Å². The van der Waals surface area contributed by atoms with E-state index in [1.165, 1.54) is 0 Å². The summed E-state index contributed by atoms with van der Waals surface area (Å²) in [5, 5.41) is 8.45. The number of imidazole rings is 1. The molecule has 6 heteroatoms. The Morgan fingerprint density at radius 1 is 1.04 bits per heavy atom. The molecule has 2 heterocycles. The van der Waals surface area contributed by atoms with Crippen LogP contribution >= 0.6 is 0 Å². The van der Waals surface area contributed by atoms with Crippen molar-refractivity contribution in [3.05, 3.63) is 77.8 Å². The largest absolute Gasteiger partial charge is 0.423 e. The van der Waals surface area contributed by atoms with Crippen LogP contribution < -0.4 is 5.73 Å². The number of para-hydroxylation sites is 2. The van der Waals surface area contributed by atoms with Crippen molar-refractivity contribution >= 4 is 11.0 Å². The lowest BCUT2D eigenvalue weighted by molar-refractivity contribution is 0.334. The number of aromatic nitrogens is 4. The van der Waals surface area contributed by atoms with Gasteiger partial charge in [0.15, 0.2) is 0 Å². The number of nitrogens with zero attached hydrogens (tertiary/aromatic N) is 4. The average molecular weight is 375 g/mol. The maximum Gasteiger partial charge on any atom is 0.236 e. The van der Waals surface area contributed by atoms with Crippen LogP contribution in [0.2, 0.25) is 0 Å². The van der Waals surface area contributed by atoms with E-state index >= 15 is 0 Å². The summed E-state index contributed by atoms with van der Waals surface area (Å²) in [6.45, 7) is 4.78. The van der Waals surface area contributed by atoms with Crippen molar-refractivity contribution in [2.75, 3.05) is 0 Å². The Morgan fingerprint density at radius 3 is 2.57 bits per heavy atom. The van der Waals surface area contributed by atoms with Crippen molar-refractivity contribution in [1.29, 1.82) is 0 Å². The smallest absolute Gasteiger partial charge is 0.236 e. The van der Waals surface area contributed by atoms with Gasteiger partial charge in [-0.15, -0.1) is 10.2 Å². The SMILES string of the molecule is CCc1nc2ccccc2n1CCc1nnc([C@](C)(N)Cc2ccccc2)o1. The van der Waals surface area contributed by atoms with Gasteiger partial charge in [-0.2, -0.15) is 0 Å². The van der Waals surface area contributed by atoms with E-state index in [0.717, 1.165) is 35.4 Å². The second kappa shape index (κ2) is 7.56. The summed E-state index contributed by atoms with van der Waals surface area (Å²) in [7, 11) is 0. The number of fused-ring (bicyclic) bond motifs is 1. The molecule has 144 valence electrons. The Hall–Kier alpha value is -2.99. The molecule has 0 amide bonds. The van der Waals surface area contributed by atoms with Gasteiger partial charge in [-0.3, -0.25) is 0 Å². The molecular formula is C22H25N5O. The van der Waals surface area contributed by atoms with Crippen LogP contribution in [0.4, 0.5) is 0 Å². The summed E-state index contributed by atoms with van der Waals surface area (Å²) in [4.78, 5) is 4.71. The van der Waals surface area contributed by atoms with Gasteiger partial charge in [0.1, 0.15) is 5.82 Å². The van der Waals surface area contributed by atoms with E-state index < -0.39 is 5.54 Å². The van der Waals surface area contributed by atoms with Crippen LogP contribution in [0.15, 0.2) is 59.0 Å². The van der Waals surface area contributed by atoms with Gasteiger partial charge in [0.25, 0.3) is 0 Å². The third-order valence-corrected chi connectivity index (χ3v) is 4.97. The highest BCUT2D eigenvalue weighted by Gasteiger charge is 2.28. The van der Waals surface area contributed by atoms with Gasteiger partial charge in [0.05, 0.1) is 16.6 Å². The summed E-state index contributed by atoms with van der Waals surface area (Å²) >= 11 is 0. The van der Waals surface area contributed by atoms with Crippen LogP contribution in [0, 0.1) is 0 Å². The zero-order valence-corrected chi connectivity index (χ0v) is 16.3. The van der Waals surface area contributed by atoms with E-state index in [-0.39, 0.29) is 0 Å². The van der Waals surface area contributed by atoms with Gasteiger partial charge in [0.2, 0.25) is 11.8 Å². The summed E-state index contributed by atoms with van der Waals surface area (Å²) in [5.74, 6) is 2.13. The summed E-state index contributed by atoms with van der Waals surface area (Å²) < 4.78 is 8.15. The molecule has 4 aromatic rings. The second-order valence-electron chi connectivity index (χ2n) is 7.35. The standard InChI is InChI=1S/C22H25N5O/c1-3-19-24-17-11-7-8-12-18(17)27(19)14-13-20-25-26-21(28-20)22(2,23)15-16-9-5-4-6-10-16/h4-12H,3,13-15,23H2,1-2H3/t22-/m1/s1. The number of hydrogen-bond acceptors (Lipinski definition) is 5. The fourth-order valence-electron chi connectivity index (χ4n) is 3.53. The van der Waals surface area contributed by atoms with Crippen LogP contribution in [0.3, 0.4) is 0 Å². The zero-order chi connectivity index (χ0) is 19.6. The van der Waals surface area contributed by atoms with E-state index in [1.807, 2.05) is 43.3 Å². The predicted molar refractivity (Wildman–Crippen MR) is 109 cm³/mol. The number of nitrogens with two attached hydrogens (primary N) is 1. The highest BCUT2D eigenvalue weighted by molar-refractivity contribution is 5.75. The van der Waals surface area contributed by atoms with Gasteiger partial charge >= 0.3 is 0 Å². The molecule has 0 spiro atoms. The molecule has 0 fully saturated rings. The minimum absolute atomic E-state index is 0.470. The number of aryl methyl sites for hydroxylation is 3. The highest BCUT2D eigenvalue weighted by Crippen LogP contribution is 2.22. The van der Waals surface area contributed by atoms with Crippen LogP contribution in [0.1, 0.15) is 37.0 Å². The monoisotopic (exact) mass is 375 g/mol. The molecule has 0 saturated carbocycles. The minimum Gasteiger partial charge on any atom is -0.423 e. The molecule has 0 aliphatic rings. The fourth-order valence-corrected chi connectivity index (χ4v) is 3.53. The van der Waals surface area contributed by atoms with Crippen molar-refractivity contribution in [2.45, 2.75) is 45.2 Å². The number of benzene rings is 2. The Bertz CT molecular complexity index is 1060. The number of hydrogen-bond donors (Lipinski definition) is 1. The molecule has 1 atom stereocenters. The van der Waals surface area contributed by atoms with Crippen molar-refractivity contribution in [2.24, 2.45) is 5.73 Å². The molecule has 0 bridgehead atoms. The van der Waals surface area contributed by atoms with Gasteiger partial charge in [-0.1, -0.05) is 49.4 Å². The van der Waals surface area contributed by atoms with E-state index in [4.69, 9.17) is 15.1 Å². The molecule has 6 nitrogen and oxygen atoms in total. The first-order valence-corrected chi connectivity index (χ1v) is 9.66. The molecular weight excluding hydrogens is 350 g/mol. The first-order valence-electron chi connectivity index (χ1n) is 9.66. The predicted octanol–water partition coefficient (Wildman–Crippen LogP) is 3.64. The van der Waals surface area contributed by atoms with Gasteiger partial charge in [0, 0.05) is 19.4 Å².